The lowest BCUT2D eigenvalue weighted by atomic mass is 10.1. The Morgan fingerprint density at radius 2 is 1.97 bits per heavy atom. The van der Waals surface area contributed by atoms with Gasteiger partial charge in [0.05, 0.1) is 16.6 Å². The first kappa shape index (κ1) is 22.6. The van der Waals surface area contributed by atoms with Gasteiger partial charge in [-0.3, -0.25) is 19.1 Å². The van der Waals surface area contributed by atoms with E-state index < -0.39 is 28.9 Å². The molecule has 33 heavy (non-hydrogen) atoms. The van der Waals surface area contributed by atoms with E-state index in [1.807, 2.05) is 16.7 Å². The van der Waals surface area contributed by atoms with Crippen LogP contribution in [0.1, 0.15) is 23.0 Å². The van der Waals surface area contributed by atoms with Crippen LogP contribution in [-0.2, 0) is 13.6 Å². The highest BCUT2D eigenvalue weighted by Crippen LogP contribution is 2.25. The van der Waals surface area contributed by atoms with Crippen LogP contribution in [0.5, 0.6) is 0 Å². The van der Waals surface area contributed by atoms with Gasteiger partial charge in [-0.2, -0.15) is 4.39 Å². The van der Waals surface area contributed by atoms with Crippen LogP contribution in [0.2, 0.25) is 0 Å². The number of hydrogen-bond acceptors (Lipinski definition) is 6. The highest BCUT2D eigenvalue weighted by atomic mass is 19.1. The van der Waals surface area contributed by atoms with Gasteiger partial charge in [0.15, 0.2) is 5.82 Å². The van der Waals surface area contributed by atoms with E-state index in [9.17, 15) is 18.8 Å². The van der Waals surface area contributed by atoms with Crippen molar-refractivity contribution in [2.75, 3.05) is 31.6 Å². The van der Waals surface area contributed by atoms with Gasteiger partial charge < -0.3 is 15.2 Å². The first-order valence-corrected chi connectivity index (χ1v) is 10.5. The van der Waals surface area contributed by atoms with Crippen LogP contribution < -0.4 is 21.5 Å². The summed E-state index contributed by atoms with van der Waals surface area (Å²) in [5, 5.41) is 2.52. The number of aromatic amines is 1. The Kier molecular flexibility index (Phi) is 5.98. The summed E-state index contributed by atoms with van der Waals surface area (Å²) in [7, 11) is 2.78. The molecule has 4 rings (SSSR count). The molecule has 1 aromatic carbocycles. The number of piperazine rings is 1. The molecule has 1 amide bonds. The number of hydrogen-bond donors (Lipinski definition) is 2. The summed E-state index contributed by atoms with van der Waals surface area (Å²) in [5.41, 5.74) is -0.667. The minimum atomic E-state index is -0.720. The van der Waals surface area contributed by atoms with E-state index in [1.165, 1.54) is 26.2 Å². The molecular weight excluding hydrogens is 434 g/mol. The molecule has 1 fully saturated rings. The highest BCUT2D eigenvalue weighted by Gasteiger charge is 2.27. The van der Waals surface area contributed by atoms with Crippen molar-refractivity contribution in [3.63, 3.8) is 0 Å². The van der Waals surface area contributed by atoms with E-state index in [1.54, 1.807) is 12.1 Å². The minimum Gasteiger partial charge on any atom is -0.363 e. The average molecular weight is 458 g/mol. The van der Waals surface area contributed by atoms with Crippen molar-refractivity contribution in [2.45, 2.75) is 19.5 Å². The van der Waals surface area contributed by atoms with Crippen LogP contribution >= 0.6 is 0 Å². The molecule has 1 aliphatic heterocycles. The fourth-order valence-electron chi connectivity index (χ4n) is 4.18. The number of rotatable bonds is 4. The van der Waals surface area contributed by atoms with Crippen LogP contribution in [0.3, 0.4) is 0 Å². The maximum Gasteiger partial charge on any atom is 0.328 e. The molecular formula is C22H24F2N6O3. The van der Waals surface area contributed by atoms with Gasteiger partial charge in [-0.25, -0.2) is 14.2 Å². The molecule has 0 saturated carbocycles. The Morgan fingerprint density at radius 3 is 2.64 bits per heavy atom. The highest BCUT2D eigenvalue weighted by molar-refractivity contribution is 5.92. The van der Waals surface area contributed by atoms with E-state index in [0.717, 1.165) is 4.57 Å². The first-order chi connectivity index (χ1) is 15.7. The largest absolute Gasteiger partial charge is 0.363 e. The number of aromatic nitrogens is 3. The third-order valence-corrected chi connectivity index (χ3v) is 6.00. The Balaban J connectivity index is 1.52. The van der Waals surface area contributed by atoms with Gasteiger partial charge in [0.2, 0.25) is 5.95 Å². The summed E-state index contributed by atoms with van der Waals surface area (Å²) in [6, 6.07) is 5.98. The van der Waals surface area contributed by atoms with Gasteiger partial charge in [0.25, 0.3) is 11.5 Å². The van der Waals surface area contributed by atoms with E-state index >= 15 is 4.39 Å². The van der Waals surface area contributed by atoms with Crippen molar-refractivity contribution < 1.29 is 13.6 Å². The van der Waals surface area contributed by atoms with Crippen LogP contribution in [0.4, 0.5) is 14.5 Å². The number of fused-ring (bicyclic) bond motifs is 1. The van der Waals surface area contributed by atoms with Gasteiger partial charge in [-0.15, -0.1) is 0 Å². The Labute approximate surface area is 187 Å². The molecule has 1 unspecified atom stereocenters. The van der Waals surface area contributed by atoms with Gasteiger partial charge in [-0.05, 0) is 25.1 Å². The monoisotopic (exact) mass is 458 g/mol. The first-order valence-electron chi connectivity index (χ1n) is 10.5. The van der Waals surface area contributed by atoms with Crippen LogP contribution in [-0.4, -0.2) is 58.1 Å². The van der Waals surface area contributed by atoms with Gasteiger partial charge in [0, 0.05) is 51.9 Å². The van der Waals surface area contributed by atoms with Crippen molar-refractivity contribution in [1.82, 2.24) is 24.8 Å². The zero-order valence-electron chi connectivity index (χ0n) is 18.5. The molecule has 2 N–H and O–H groups in total. The Hall–Kier alpha value is -3.60. The molecule has 11 heteroatoms. The molecule has 174 valence electrons. The molecule has 0 spiro atoms. The van der Waals surface area contributed by atoms with E-state index in [2.05, 4.69) is 15.3 Å². The maximum absolute atomic E-state index is 15.1. The number of carbonyl (C=O) groups is 1. The molecule has 3 heterocycles. The van der Waals surface area contributed by atoms with Gasteiger partial charge >= 0.3 is 5.69 Å². The number of nitrogens with one attached hydrogen (secondary N) is 2. The zero-order valence-corrected chi connectivity index (χ0v) is 18.5. The average Bonchev–Trinajstić information content (AvgIpc) is 2.79. The zero-order chi connectivity index (χ0) is 23.9. The second kappa shape index (κ2) is 8.74. The number of benzene rings is 1. The number of anilines is 1. The molecule has 1 aliphatic rings. The molecule has 2 aromatic heterocycles. The van der Waals surface area contributed by atoms with Crippen molar-refractivity contribution in [3.05, 3.63) is 68.1 Å². The third kappa shape index (κ3) is 4.11. The van der Waals surface area contributed by atoms with Gasteiger partial charge in [-0.1, -0.05) is 6.07 Å². The fraction of sp³-hybridized carbons (Fsp3) is 0.364. The molecule has 1 atom stereocenters. The van der Waals surface area contributed by atoms with E-state index in [4.69, 9.17) is 0 Å². The molecule has 1 saturated heterocycles. The number of nitrogens with zero attached hydrogens (tertiary/aromatic N) is 4. The topological polar surface area (TPSA) is 103 Å². The van der Waals surface area contributed by atoms with Crippen LogP contribution in [0.25, 0.3) is 10.9 Å². The smallest absolute Gasteiger partial charge is 0.328 e. The van der Waals surface area contributed by atoms with E-state index in [0.29, 0.717) is 30.9 Å². The predicted octanol–water partition coefficient (Wildman–Crippen LogP) is 0.970. The van der Waals surface area contributed by atoms with E-state index in [-0.39, 0.29) is 29.2 Å². The van der Waals surface area contributed by atoms with Crippen LogP contribution in [0, 0.1) is 11.8 Å². The SMILES string of the molecule is CNC(=O)c1ccc(N2CCN(Cc3ccc4c(=O)n(C)c(=O)[nH]c4c3F)CC2C)c(F)n1. The van der Waals surface area contributed by atoms with Crippen molar-refractivity contribution in [2.24, 2.45) is 7.05 Å². The Bertz CT molecular complexity index is 1350. The minimum absolute atomic E-state index is 0.00434. The van der Waals surface area contributed by atoms with Crippen molar-refractivity contribution >= 4 is 22.5 Å². The molecule has 3 aromatic rings. The predicted molar refractivity (Wildman–Crippen MR) is 119 cm³/mol. The summed E-state index contributed by atoms with van der Waals surface area (Å²) in [5.74, 6) is -1.81. The summed E-state index contributed by atoms with van der Waals surface area (Å²) in [6.07, 6.45) is 0. The fourth-order valence-corrected chi connectivity index (χ4v) is 4.18. The second-order valence-corrected chi connectivity index (χ2v) is 8.12. The molecule has 0 bridgehead atoms. The normalized spacial score (nSPS) is 16.9. The maximum atomic E-state index is 15.1. The lowest BCUT2D eigenvalue weighted by molar-refractivity contribution is 0.0957. The number of halogens is 2. The molecule has 0 radical (unpaired) electrons. The lowest BCUT2D eigenvalue weighted by Crippen LogP contribution is -2.52. The van der Waals surface area contributed by atoms with Crippen molar-refractivity contribution in [1.29, 1.82) is 0 Å². The van der Waals surface area contributed by atoms with Crippen LogP contribution in [0.15, 0.2) is 33.9 Å². The number of H-pyrrole nitrogens is 1. The summed E-state index contributed by atoms with van der Waals surface area (Å²) < 4.78 is 30.6. The lowest BCUT2D eigenvalue weighted by Gasteiger charge is -2.41. The standard InChI is InChI=1S/C22H24F2N6O3/c1-12-10-29(8-9-30(12)16-7-6-15(20(31)25-2)26-19(16)24)11-13-4-5-14-18(17(13)23)27-22(33)28(3)21(14)32/h4-7,12H,8-11H2,1-3H3,(H,25,31)(H,27,33). The van der Waals surface area contributed by atoms with Crippen molar-refractivity contribution in [3.8, 4) is 0 Å². The second-order valence-electron chi connectivity index (χ2n) is 8.12. The summed E-state index contributed by atoms with van der Waals surface area (Å²) >= 11 is 0. The molecule has 0 aliphatic carbocycles. The summed E-state index contributed by atoms with van der Waals surface area (Å²) in [6.45, 7) is 3.74. The molecule has 9 nitrogen and oxygen atoms in total. The van der Waals surface area contributed by atoms with Gasteiger partial charge in [0.1, 0.15) is 5.69 Å². The third-order valence-electron chi connectivity index (χ3n) is 6.00. The quantitative estimate of drug-likeness (QED) is 0.565. The number of pyridine rings is 1. The Morgan fingerprint density at radius 1 is 1.21 bits per heavy atom. The summed E-state index contributed by atoms with van der Waals surface area (Å²) in [4.78, 5) is 45.9. The number of carbonyl (C=O) groups excluding carboxylic acids is 1. The number of amides is 1.